The first kappa shape index (κ1) is 14.1. The van der Waals surface area contributed by atoms with Gasteiger partial charge in [0, 0.05) is 13.0 Å². The lowest BCUT2D eigenvalue weighted by Crippen LogP contribution is -2.27. The molecule has 1 aliphatic heterocycles. The highest BCUT2D eigenvalue weighted by Gasteiger charge is 2.34. The fraction of sp³-hybridized carbons (Fsp3) is 0.400. The Morgan fingerprint density at radius 2 is 2.19 bits per heavy atom. The van der Waals surface area contributed by atoms with E-state index in [2.05, 4.69) is 22.1 Å². The van der Waals surface area contributed by atoms with Gasteiger partial charge in [-0.1, -0.05) is 49.0 Å². The molecular formula is C15H18N4OS. The monoisotopic (exact) mass is 302 g/mol. The van der Waals surface area contributed by atoms with Crippen LogP contribution in [0.3, 0.4) is 0 Å². The number of nitrogens with zero attached hydrogens (tertiary/aromatic N) is 3. The van der Waals surface area contributed by atoms with E-state index in [4.69, 9.17) is 0 Å². The minimum atomic E-state index is 0.0106. The van der Waals surface area contributed by atoms with Gasteiger partial charge in [0.25, 0.3) is 0 Å². The van der Waals surface area contributed by atoms with E-state index < -0.39 is 0 Å². The van der Waals surface area contributed by atoms with Crippen LogP contribution < -0.4 is 0 Å². The third-order valence-electron chi connectivity index (χ3n) is 3.60. The van der Waals surface area contributed by atoms with Crippen molar-refractivity contribution in [1.82, 2.24) is 20.1 Å². The summed E-state index contributed by atoms with van der Waals surface area (Å²) in [6, 6.07) is 10.1. The number of nitrogens with one attached hydrogen (secondary N) is 1. The molecule has 0 aliphatic carbocycles. The fourth-order valence-corrected chi connectivity index (χ4v) is 3.13. The van der Waals surface area contributed by atoms with Crippen molar-refractivity contribution in [3.63, 3.8) is 0 Å². The van der Waals surface area contributed by atoms with E-state index in [0.717, 1.165) is 28.7 Å². The minimum absolute atomic E-state index is 0.0106. The second-order valence-electron chi connectivity index (χ2n) is 5.00. The molecule has 1 aromatic carbocycles. The molecule has 1 aromatic heterocycles. The van der Waals surface area contributed by atoms with Gasteiger partial charge in [0.15, 0.2) is 0 Å². The molecule has 0 bridgehead atoms. The number of likely N-dealkylation sites (tertiary alicyclic amines) is 1. The molecule has 1 aliphatic rings. The SMILES string of the molecule is CCSc1n[nH]c([C@@H]2CCC(=O)N2Cc2ccccc2)n1. The fourth-order valence-electron chi connectivity index (χ4n) is 2.60. The van der Waals surface area contributed by atoms with Gasteiger partial charge in [0.05, 0.1) is 6.04 Å². The first-order valence-electron chi connectivity index (χ1n) is 7.16. The number of carbonyl (C=O) groups is 1. The van der Waals surface area contributed by atoms with Crippen molar-refractivity contribution in [1.29, 1.82) is 0 Å². The van der Waals surface area contributed by atoms with Crippen molar-refractivity contribution < 1.29 is 4.79 Å². The zero-order valence-corrected chi connectivity index (χ0v) is 12.8. The zero-order valence-electron chi connectivity index (χ0n) is 12.0. The summed E-state index contributed by atoms with van der Waals surface area (Å²) in [6.07, 6.45) is 1.38. The number of rotatable bonds is 5. The van der Waals surface area contributed by atoms with Crippen LogP contribution in [0.2, 0.25) is 0 Å². The summed E-state index contributed by atoms with van der Waals surface area (Å²) in [5.41, 5.74) is 1.14. The predicted octanol–water partition coefficient (Wildman–Crippen LogP) is 2.78. The third-order valence-corrected chi connectivity index (χ3v) is 4.32. The maximum atomic E-state index is 12.2. The van der Waals surface area contributed by atoms with Gasteiger partial charge in [-0.3, -0.25) is 9.89 Å². The Bertz CT molecular complexity index is 613. The quantitative estimate of drug-likeness (QED) is 0.863. The number of hydrogen-bond acceptors (Lipinski definition) is 4. The molecule has 2 heterocycles. The lowest BCUT2D eigenvalue weighted by Gasteiger charge is -2.23. The van der Waals surface area contributed by atoms with Crippen LogP contribution >= 0.6 is 11.8 Å². The van der Waals surface area contributed by atoms with Gasteiger partial charge in [-0.2, -0.15) is 0 Å². The molecule has 5 nitrogen and oxygen atoms in total. The molecule has 2 aromatic rings. The molecule has 3 rings (SSSR count). The Kier molecular flexibility index (Phi) is 4.24. The van der Waals surface area contributed by atoms with Gasteiger partial charge < -0.3 is 4.90 Å². The molecule has 1 amide bonds. The van der Waals surface area contributed by atoms with Crippen molar-refractivity contribution >= 4 is 17.7 Å². The smallest absolute Gasteiger partial charge is 0.223 e. The molecule has 0 saturated carbocycles. The largest absolute Gasteiger partial charge is 0.328 e. The Labute approximate surface area is 128 Å². The number of hydrogen-bond donors (Lipinski definition) is 1. The van der Waals surface area contributed by atoms with E-state index >= 15 is 0 Å². The Morgan fingerprint density at radius 3 is 2.95 bits per heavy atom. The zero-order chi connectivity index (χ0) is 14.7. The predicted molar refractivity (Wildman–Crippen MR) is 81.7 cm³/mol. The number of benzene rings is 1. The number of aromatic amines is 1. The number of H-pyrrole nitrogens is 1. The lowest BCUT2D eigenvalue weighted by atomic mass is 10.2. The summed E-state index contributed by atoms with van der Waals surface area (Å²) in [7, 11) is 0. The summed E-state index contributed by atoms with van der Waals surface area (Å²) < 4.78 is 0. The van der Waals surface area contributed by atoms with Crippen LogP contribution in [0.15, 0.2) is 35.5 Å². The van der Waals surface area contributed by atoms with Crippen molar-refractivity contribution in [3.8, 4) is 0 Å². The average molecular weight is 302 g/mol. The van der Waals surface area contributed by atoms with Crippen LogP contribution in [0.1, 0.15) is 37.2 Å². The van der Waals surface area contributed by atoms with Gasteiger partial charge in [0.1, 0.15) is 5.82 Å². The number of aromatic nitrogens is 3. The summed E-state index contributed by atoms with van der Waals surface area (Å²) in [5, 5.41) is 7.95. The minimum Gasteiger partial charge on any atom is -0.328 e. The molecule has 1 N–H and O–H groups in total. The van der Waals surface area contributed by atoms with Crippen LogP contribution in [0.4, 0.5) is 0 Å². The number of amides is 1. The molecule has 0 spiro atoms. The van der Waals surface area contributed by atoms with E-state index in [9.17, 15) is 4.79 Å². The van der Waals surface area contributed by atoms with Gasteiger partial charge in [-0.05, 0) is 17.7 Å². The molecule has 21 heavy (non-hydrogen) atoms. The molecule has 0 unspecified atom stereocenters. The summed E-state index contributed by atoms with van der Waals surface area (Å²) in [5.74, 6) is 1.92. The molecule has 6 heteroatoms. The second kappa shape index (κ2) is 6.30. The number of thioether (sulfide) groups is 1. The van der Waals surface area contributed by atoms with Gasteiger partial charge in [0.2, 0.25) is 11.1 Å². The highest BCUT2D eigenvalue weighted by Crippen LogP contribution is 2.32. The highest BCUT2D eigenvalue weighted by molar-refractivity contribution is 7.99. The lowest BCUT2D eigenvalue weighted by molar-refractivity contribution is -0.129. The Morgan fingerprint density at radius 1 is 1.38 bits per heavy atom. The number of carbonyl (C=O) groups excluding carboxylic acids is 1. The first-order chi connectivity index (χ1) is 10.3. The van der Waals surface area contributed by atoms with Crippen molar-refractivity contribution in [2.24, 2.45) is 0 Å². The molecule has 1 saturated heterocycles. The van der Waals surface area contributed by atoms with E-state index in [1.165, 1.54) is 0 Å². The molecule has 1 fully saturated rings. The third kappa shape index (κ3) is 3.10. The average Bonchev–Trinajstić information content (AvgIpc) is 3.09. The molecule has 1 atom stereocenters. The van der Waals surface area contributed by atoms with Crippen molar-refractivity contribution in [2.75, 3.05) is 5.75 Å². The van der Waals surface area contributed by atoms with Crippen LogP contribution in [-0.2, 0) is 11.3 Å². The van der Waals surface area contributed by atoms with Crippen LogP contribution in [0.25, 0.3) is 0 Å². The van der Waals surface area contributed by atoms with Gasteiger partial charge in [-0.15, -0.1) is 5.10 Å². The molecular weight excluding hydrogens is 284 g/mol. The van der Waals surface area contributed by atoms with Crippen molar-refractivity contribution in [2.45, 2.75) is 37.5 Å². The standard InChI is InChI=1S/C15H18N4OS/c1-2-21-15-16-14(17-18-15)12-8-9-13(20)19(12)10-11-6-4-3-5-7-11/h3-7,12H,2,8-10H2,1H3,(H,16,17,18)/t12-/m0/s1. The Balaban J connectivity index is 1.78. The maximum absolute atomic E-state index is 12.2. The molecule has 110 valence electrons. The van der Waals surface area contributed by atoms with E-state index in [-0.39, 0.29) is 11.9 Å². The van der Waals surface area contributed by atoms with E-state index in [1.54, 1.807) is 11.8 Å². The van der Waals surface area contributed by atoms with Crippen molar-refractivity contribution in [3.05, 3.63) is 41.7 Å². The second-order valence-corrected chi connectivity index (χ2v) is 6.23. The van der Waals surface area contributed by atoms with E-state index in [0.29, 0.717) is 13.0 Å². The topological polar surface area (TPSA) is 61.9 Å². The van der Waals surface area contributed by atoms with Gasteiger partial charge in [-0.25, -0.2) is 4.98 Å². The summed E-state index contributed by atoms with van der Waals surface area (Å²) in [4.78, 5) is 18.6. The summed E-state index contributed by atoms with van der Waals surface area (Å²) in [6.45, 7) is 2.70. The van der Waals surface area contributed by atoms with Crippen LogP contribution in [-0.4, -0.2) is 31.7 Å². The highest BCUT2D eigenvalue weighted by atomic mass is 32.2. The maximum Gasteiger partial charge on any atom is 0.223 e. The molecule has 0 radical (unpaired) electrons. The van der Waals surface area contributed by atoms with E-state index in [1.807, 2.05) is 35.2 Å². The van der Waals surface area contributed by atoms with Gasteiger partial charge >= 0.3 is 0 Å². The van der Waals surface area contributed by atoms with Crippen LogP contribution in [0, 0.1) is 0 Å². The first-order valence-corrected chi connectivity index (χ1v) is 8.15. The Hall–Kier alpha value is -1.82. The summed E-state index contributed by atoms with van der Waals surface area (Å²) >= 11 is 1.60. The normalized spacial score (nSPS) is 18.4. The van der Waals surface area contributed by atoms with Crippen LogP contribution in [0.5, 0.6) is 0 Å².